The van der Waals surface area contributed by atoms with Crippen LogP contribution in [0.4, 0.5) is 17.1 Å². The molecule has 0 fully saturated rings. The first-order valence-corrected chi connectivity index (χ1v) is 12.5. The van der Waals surface area contributed by atoms with E-state index in [1.165, 1.54) is 11.1 Å². The van der Waals surface area contributed by atoms with Crippen LogP contribution in [0.25, 0.3) is 0 Å². The fourth-order valence-electron chi connectivity index (χ4n) is 4.87. The van der Waals surface area contributed by atoms with Gasteiger partial charge in [0.25, 0.3) is 0 Å². The second kappa shape index (κ2) is 9.87. The Hall–Kier alpha value is -4.50. The topological polar surface area (TPSA) is 43.7 Å². The fourth-order valence-corrected chi connectivity index (χ4v) is 4.87. The molecule has 0 spiro atoms. The Morgan fingerprint density at radius 2 is 0.703 bits per heavy atom. The third kappa shape index (κ3) is 4.81. The summed E-state index contributed by atoms with van der Waals surface area (Å²) < 4.78 is 0. The molecule has 3 heteroatoms. The monoisotopic (exact) mass is 485 g/mol. The molecule has 5 aromatic carbocycles. The van der Waals surface area contributed by atoms with Gasteiger partial charge in [-0.3, -0.25) is 0 Å². The van der Waals surface area contributed by atoms with Crippen molar-refractivity contribution < 1.29 is 10.2 Å². The van der Waals surface area contributed by atoms with Crippen LogP contribution in [0.3, 0.4) is 0 Å². The van der Waals surface area contributed by atoms with E-state index >= 15 is 0 Å². The van der Waals surface area contributed by atoms with Crippen molar-refractivity contribution in [2.45, 2.75) is 26.2 Å². The maximum absolute atomic E-state index is 9.91. The van der Waals surface area contributed by atoms with Gasteiger partial charge in [0.15, 0.2) is 0 Å². The maximum atomic E-state index is 9.91. The largest absolute Gasteiger partial charge is 0.508 e. The summed E-state index contributed by atoms with van der Waals surface area (Å²) in [5.41, 5.74) is 8.44. The van der Waals surface area contributed by atoms with Gasteiger partial charge in [0.05, 0.1) is 0 Å². The van der Waals surface area contributed by atoms with Crippen LogP contribution in [-0.4, -0.2) is 10.2 Å². The van der Waals surface area contributed by atoms with Crippen molar-refractivity contribution in [1.82, 2.24) is 0 Å². The maximum Gasteiger partial charge on any atom is 0.115 e. The molecule has 5 rings (SSSR count). The van der Waals surface area contributed by atoms with E-state index in [4.69, 9.17) is 0 Å². The number of anilines is 3. The lowest BCUT2D eigenvalue weighted by atomic mass is 9.71. The van der Waals surface area contributed by atoms with E-state index in [9.17, 15) is 10.2 Å². The van der Waals surface area contributed by atoms with Gasteiger partial charge in [-0.15, -0.1) is 0 Å². The van der Waals surface area contributed by atoms with Crippen molar-refractivity contribution in [3.05, 3.63) is 149 Å². The fraction of sp³-hybridized carbons (Fsp3) is 0.118. The standard InChI is InChI=1S/C34H31NO2/c1-24-4-14-29(15-5-24)35(30-16-6-25(2)7-17-30)31-18-8-26(9-19-31)34(3,27-10-20-32(36)21-11-27)28-12-22-33(37)23-13-28/h4-23,36-37H,1-3H3. The third-order valence-electron chi connectivity index (χ3n) is 7.18. The lowest BCUT2D eigenvalue weighted by molar-refractivity contribution is 0.474. The summed E-state index contributed by atoms with van der Waals surface area (Å²) in [6, 6.07) is 40.5. The van der Waals surface area contributed by atoms with Crippen LogP contribution in [-0.2, 0) is 5.41 Å². The Kier molecular flexibility index (Phi) is 6.45. The molecule has 0 radical (unpaired) electrons. The van der Waals surface area contributed by atoms with Gasteiger partial charge >= 0.3 is 0 Å². The molecule has 37 heavy (non-hydrogen) atoms. The van der Waals surface area contributed by atoms with E-state index in [2.05, 4.69) is 98.5 Å². The second-order valence-electron chi connectivity index (χ2n) is 9.77. The summed E-state index contributed by atoms with van der Waals surface area (Å²) in [5, 5.41) is 19.8. The van der Waals surface area contributed by atoms with Crippen molar-refractivity contribution in [2.75, 3.05) is 4.90 Å². The summed E-state index contributed by atoms with van der Waals surface area (Å²) >= 11 is 0. The zero-order valence-corrected chi connectivity index (χ0v) is 21.4. The molecule has 0 aromatic heterocycles. The van der Waals surface area contributed by atoms with Crippen LogP contribution in [0, 0.1) is 13.8 Å². The predicted molar refractivity (Wildman–Crippen MR) is 152 cm³/mol. The first kappa shape index (κ1) is 24.2. The minimum atomic E-state index is -0.488. The number of nitrogens with zero attached hydrogens (tertiary/aromatic N) is 1. The zero-order valence-electron chi connectivity index (χ0n) is 21.4. The summed E-state index contributed by atoms with van der Waals surface area (Å²) in [6.07, 6.45) is 0. The molecule has 2 N–H and O–H groups in total. The molecule has 0 heterocycles. The van der Waals surface area contributed by atoms with E-state index < -0.39 is 5.41 Å². The number of phenolic OH excluding ortho intramolecular Hbond substituents is 2. The average Bonchev–Trinajstić information content (AvgIpc) is 2.92. The SMILES string of the molecule is Cc1ccc(N(c2ccc(C)cc2)c2ccc(C(C)(c3ccc(O)cc3)c3ccc(O)cc3)cc2)cc1. The highest BCUT2D eigenvalue weighted by molar-refractivity contribution is 5.77. The minimum absolute atomic E-state index is 0.235. The Bertz CT molecular complexity index is 1380. The van der Waals surface area contributed by atoms with Crippen LogP contribution in [0.15, 0.2) is 121 Å². The third-order valence-corrected chi connectivity index (χ3v) is 7.18. The van der Waals surface area contributed by atoms with Gasteiger partial charge in [0.1, 0.15) is 11.5 Å². The van der Waals surface area contributed by atoms with Crippen molar-refractivity contribution in [1.29, 1.82) is 0 Å². The van der Waals surface area contributed by atoms with Crippen LogP contribution in [0.2, 0.25) is 0 Å². The van der Waals surface area contributed by atoms with E-state index in [-0.39, 0.29) is 11.5 Å². The van der Waals surface area contributed by atoms with Crippen LogP contribution >= 0.6 is 0 Å². The highest BCUT2D eigenvalue weighted by atomic mass is 16.3. The molecule has 3 nitrogen and oxygen atoms in total. The van der Waals surface area contributed by atoms with Gasteiger partial charge in [-0.1, -0.05) is 71.8 Å². The van der Waals surface area contributed by atoms with E-state index in [1.54, 1.807) is 24.3 Å². The molecule has 5 aromatic rings. The molecule has 0 saturated carbocycles. The molecule has 0 amide bonds. The predicted octanol–water partition coefficient (Wildman–Crippen LogP) is 8.54. The second-order valence-corrected chi connectivity index (χ2v) is 9.77. The smallest absolute Gasteiger partial charge is 0.115 e. The summed E-state index contributed by atoms with van der Waals surface area (Å²) in [4.78, 5) is 2.26. The van der Waals surface area contributed by atoms with E-state index in [0.717, 1.165) is 33.8 Å². The van der Waals surface area contributed by atoms with Crippen LogP contribution < -0.4 is 4.90 Å². The number of rotatable bonds is 6. The Morgan fingerprint density at radius 1 is 0.432 bits per heavy atom. The van der Waals surface area contributed by atoms with Gasteiger partial charge in [0, 0.05) is 22.5 Å². The van der Waals surface area contributed by atoms with Gasteiger partial charge in [-0.05, 0) is 98.1 Å². The molecule has 0 aliphatic rings. The van der Waals surface area contributed by atoms with Gasteiger partial charge in [-0.25, -0.2) is 0 Å². The average molecular weight is 486 g/mol. The lowest BCUT2D eigenvalue weighted by Gasteiger charge is -2.33. The Morgan fingerprint density at radius 3 is 1.03 bits per heavy atom. The molecular weight excluding hydrogens is 454 g/mol. The van der Waals surface area contributed by atoms with Crippen molar-refractivity contribution in [3.8, 4) is 11.5 Å². The number of hydrogen-bond acceptors (Lipinski definition) is 3. The summed E-state index contributed by atoms with van der Waals surface area (Å²) in [5.74, 6) is 0.470. The number of aromatic hydroxyl groups is 2. The number of hydrogen-bond donors (Lipinski definition) is 2. The quantitative estimate of drug-likeness (QED) is 0.237. The summed E-state index contributed by atoms with van der Waals surface area (Å²) in [6.45, 7) is 6.38. The number of phenols is 2. The van der Waals surface area contributed by atoms with Crippen LogP contribution in [0.5, 0.6) is 11.5 Å². The van der Waals surface area contributed by atoms with Crippen molar-refractivity contribution >= 4 is 17.1 Å². The molecule has 0 bridgehead atoms. The van der Waals surface area contributed by atoms with Crippen LogP contribution in [0.1, 0.15) is 34.7 Å². The van der Waals surface area contributed by atoms with Gasteiger partial charge in [-0.2, -0.15) is 0 Å². The molecule has 0 unspecified atom stereocenters. The van der Waals surface area contributed by atoms with Gasteiger partial charge < -0.3 is 15.1 Å². The van der Waals surface area contributed by atoms with E-state index in [0.29, 0.717) is 0 Å². The van der Waals surface area contributed by atoms with Crippen molar-refractivity contribution in [2.24, 2.45) is 0 Å². The molecule has 184 valence electrons. The Balaban J connectivity index is 1.62. The first-order chi connectivity index (χ1) is 17.8. The zero-order chi connectivity index (χ0) is 26.0. The molecular formula is C34H31NO2. The highest BCUT2D eigenvalue weighted by Crippen LogP contribution is 2.42. The normalized spacial score (nSPS) is 11.3. The van der Waals surface area contributed by atoms with E-state index in [1.807, 2.05) is 24.3 Å². The number of aryl methyl sites for hydroxylation is 2. The highest BCUT2D eigenvalue weighted by Gasteiger charge is 2.31. The molecule has 0 aliphatic heterocycles. The molecule has 0 atom stereocenters. The molecule has 0 saturated heterocycles. The molecule has 0 aliphatic carbocycles. The number of benzene rings is 5. The Labute approximate surface area is 218 Å². The minimum Gasteiger partial charge on any atom is -0.508 e. The van der Waals surface area contributed by atoms with Gasteiger partial charge in [0.2, 0.25) is 0 Å². The van der Waals surface area contributed by atoms with Crippen molar-refractivity contribution in [3.63, 3.8) is 0 Å². The summed E-state index contributed by atoms with van der Waals surface area (Å²) in [7, 11) is 0. The lowest BCUT2D eigenvalue weighted by Crippen LogP contribution is -2.25. The first-order valence-electron chi connectivity index (χ1n) is 12.5.